The van der Waals surface area contributed by atoms with E-state index in [4.69, 9.17) is 0 Å². The standard InChI is InChI=1S/C19H23NO2S/c1-13(2)15-5-4-6-17(12-15)23(21,22)20-19-10-8-16-11-14(3)7-9-18(16)19/h4-7,9,11-13,19-20H,8,10H2,1-3H3. The Morgan fingerprint density at radius 1 is 1.13 bits per heavy atom. The highest BCUT2D eigenvalue weighted by Crippen LogP contribution is 2.33. The maximum absolute atomic E-state index is 12.7. The number of sulfonamides is 1. The van der Waals surface area contributed by atoms with Crippen LogP contribution in [0.2, 0.25) is 0 Å². The van der Waals surface area contributed by atoms with Crippen LogP contribution in [-0.2, 0) is 16.4 Å². The van der Waals surface area contributed by atoms with Crippen molar-refractivity contribution in [2.45, 2.75) is 50.5 Å². The number of benzene rings is 2. The van der Waals surface area contributed by atoms with Crippen molar-refractivity contribution in [3.05, 3.63) is 64.7 Å². The monoisotopic (exact) mass is 329 g/mol. The molecule has 23 heavy (non-hydrogen) atoms. The lowest BCUT2D eigenvalue weighted by Gasteiger charge is -2.16. The van der Waals surface area contributed by atoms with Gasteiger partial charge in [0.05, 0.1) is 4.90 Å². The maximum atomic E-state index is 12.7. The van der Waals surface area contributed by atoms with Crippen LogP contribution in [0.15, 0.2) is 47.4 Å². The van der Waals surface area contributed by atoms with Gasteiger partial charge in [0.15, 0.2) is 0 Å². The molecular weight excluding hydrogens is 306 g/mol. The molecule has 0 saturated carbocycles. The van der Waals surface area contributed by atoms with E-state index in [2.05, 4.69) is 37.6 Å². The van der Waals surface area contributed by atoms with E-state index in [1.54, 1.807) is 12.1 Å². The topological polar surface area (TPSA) is 46.2 Å². The van der Waals surface area contributed by atoms with E-state index < -0.39 is 10.0 Å². The summed E-state index contributed by atoms with van der Waals surface area (Å²) in [5.74, 6) is 0.306. The molecule has 0 aliphatic heterocycles. The van der Waals surface area contributed by atoms with Crippen LogP contribution >= 0.6 is 0 Å². The van der Waals surface area contributed by atoms with Crippen LogP contribution in [0.5, 0.6) is 0 Å². The van der Waals surface area contributed by atoms with E-state index in [1.807, 2.05) is 18.2 Å². The smallest absolute Gasteiger partial charge is 0.207 e. The molecule has 1 aliphatic rings. The van der Waals surface area contributed by atoms with Gasteiger partial charge in [-0.1, -0.05) is 49.7 Å². The van der Waals surface area contributed by atoms with Crippen molar-refractivity contribution in [3.63, 3.8) is 0 Å². The van der Waals surface area contributed by atoms with Gasteiger partial charge in [0.1, 0.15) is 0 Å². The van der Waals surface area contributed by atoms with E-state index in [1.165, 1.54) is 11.1 Å². The summed E-state index contributed by atoms with van der Waals surface area (Å²) in [7, 11) is -3.50. The van der Waals surface area contributed by atoms with Gasteiger partial charge >= 0.3 is 0 Å². The molecule has 0 radical (unpaired) electrons. The minimum Gasteiger partial charge on any atom is -0.207 e. The van der Waals surface area contributed by atoms with Crippen molar-refractivity contribution in [2.75, 3.05) is 0 Å². The Hall–Kier alpha value is -1.65. The number of aryl methyl sites for hydroxylation is 2. The lowest BCUT2D eigenvalue weighted by atomic mass is 10.0. The molecule has 0 spiro atoms. The van der Waals surface area contributed by atoms with Gasteiger partial charge in [0.25, 0.3) is 0 Å². The van der Waals surface area contributed by atoms with Gasteiger partial charge in [-0.15, -0.1) is 0 Å². The molecule has 0 amide bonds. The summed E-state index contributed by atoms with van der Waals surface area (Å²) >= 11 is 0. The molecule has 122 valence electrons. The molecule has 1 atom stereocenters. The van der Waals surface area contributed by atoms with E-state index in [0.717, 1.165) is 24.0 Å². The zero-order chi connectivity index (χ0) is 16.6. The quantitative estimate of drug-likeness (QED) is 0.918. The third-order valence-corrected chi connectivity index (χ3v) is 5.98. The molecular formula is C19H23NO2S. The summed E-state index contributed by atoms with van der Waals surface area (Å²) in [5.41, 5.74) is 4.63. The van der Waals surface area contributed by atoms with Gasteiger partial charge in [-0.05, 0) is 54.5 Å². The zero-order valence-electron chi connectivity index (χ0n) is 13.8. The van der Waals surface area contributed by atoms with Crippen LogP contribution in [-0.4, -0.2) is 8.42 Å². The van der Waals surface area contributed by atoms with Crippen molar-refractivity contribution in [3.8, 4) is 0 Å². The highest BCUT2D eigenvalue weighted by molar-refractivity contribution is 7.89. The Kier molecular flexibility index (Phi) is 4.30. The van der Waals surface area contributed by atoms with Crippen molar-refractivity contribution in [2.24, 2.45) is 0 Å². The largest absolute Gasteiger partial charge is 0.241 e. The SMILES string of the molecule is Cc1ccc2c(c1)CCC2NS(=O)(=O)c1cccc(C(C)C)c1. The van der Waals surface area contributed by atoms with E-state index in [0.29, 0.717) is 10.8 Å². The fourth-order valence-corrected chi connectivity index (χ4v) is 4.47. The lowest BCUT2D eigenvalue weighted by Crippen LogP contribution is -2.27. The highest BCUT2D eigenvalue weighted by atomic mass is 32.2. The molecule has 0 bridgehead atoms. The Balaban J connectivity index is 1.87. The normalized spacial score (nSPS) is 17.5. The molecule has 4 heteroatoms. The minimum atomic E-state index is -3.50. The Labute approximate surface area is 138 Å². The molecule has 1 aliphatic carbocycles. The van der Waals surface area contributed by atoms with E-state index in [9.17, 15) is 8.42 Å². The van der Waals surface area contributed by atoms with Crippen molar-refractivity contribution >= 4 is 10.0 Å². The maximum Gasteiger partial charge on any atom is 0.241 e. The van der Waals surface area contributed by atoms with Crippen molar-refractivity contribution < 1.29 is 8.42 Å². The van der Waals surface area contributed by atoms with E-state index in [-0.39, 0.29) is 6.04 Å². The zero-order valence-corrected chi connectivity index (χ0v) is 14.7. The summed E-state index contributed by atoms with van der Waals surface area (Å²) in [6.45, 7) is 6.19. The molecule has 3 nitrogen and oxygen atoms in total. The van der Waals surface area contributed by atoms with Gasteiger partial charge in [0.2, 0.25) is 10.0 Å². The summed E-state index contributed by atoms with van der Waals surface area (Å²) in [5, 5.41) is 0. The van der Waals surface area contributed by atoms with Gasteiger partial charge in [-0.25, -0.2) is 13.1 Å². The van der Waals surface area contributed by atoms with Crippen molar-refractivity contribution in [1.82, 2.24) is 4.72 Å². The lowest BCUT2D eigenvalue weighted by molar-refractivity contribution is 0.554. The average Bonchev–Trinajstić information content (AvgIpc) is 2.89. The van der Waals surface area contributed by atoms with Crippen LogP contribution in [0, 0.1) is 6.92 Å². The number of rotatable bonds is 4. The summed E-state index contributed by atoms with van der Waals surface area (Å²) in [6.07, 6.45) is 1.75. The first-order valence-electron chi connectivity index (χ1n) is 8.08. The number of hydrogen-bond acceptors (Lipinski definition) is 2. The summed E-state index contributed by atoms with van der Waals surface area (Å²) in [4.78, 5) is 0.351. The predicted octanol–water partition coefficient (Wildman–Crippen LogP) is 4.08. The molecule has 0 fully saturated rings. The van der Waals surface area contributed by atoms with Crippen LogP contribution in [0.1, 0.15) is 54.5 Å². The fraction of sp³-hybridized carbons (Fsp3) is 0.368. The van der Waals surface area contributed by atoms with Gasteiger partial charge < -0.3 is 0 Å². The van der Waals surface area contributed by atoms with Crippen LogP contribution < -0.4 is 4.72 Å². The molecule has 0 aromatic heterocycles. The Morgan fingerprint density at radius 2 is 1.91 bits per heavy atom. The van der Waals surface area contributed by atoms with Gasteiger partial charge in [0, 0.05) is 6.04 Å². The molecule has 2 aromatic carbocycles. The highest BCUT2D eigenvalue weighted by Gasteiger charge is 2.27. The Morgan fingerprint density at radius 3 is 2.65 bits per heavy atom. The molecule has 2 aromatic rings. The molecule has 1 unspecified atom stereocenters. The second-order valence-electron chi connectivity index (χ2n) is 6.64. The average molecular weight is 329 g/mol. The van der Waals surface area contributed by atoms with Crippen LogP contribution in [0.25, 0.3) is 0 Å². The van der Waals surface area contributed by atoms with E-state index >= 15 is 0 Å². The van der Waals surface area contributed by atoms with Crippen LogP contribution in [0.4, 0.5) is 0 Å². The molecule has 1 N–H and O–H groups in total. The molecule has 0 saturated heterocycles. The Bertz CT molecular complexity index is 825. The first-order chi connectivity index (χ1) is 10.9. The number of fused-ring (bicyclic) bond motifs is 1. The third-order valence-electron chi connectivity index (χ3n) is 4.51. The van der Waals surface area contributed by atoms with Crippen LogP contribution in [0.3, 0.4) is 0 Å². The first-order valence-corrected chi connectivity index (χ1v) is 9.57. The molecule has 0 heterocycles. The fourth-order valence-electron chi connectivity index (χ4n) is 3.16. The van der Waals surface area contributed by atoms with Crippen molar-refractivity contribution in [1.29, 1.82) is 0 Å². The minimum absolute atomic E-state index is 0.127. The summed E-state index contributed by atoms with van der Waals surface area (Å²) < 4.78 is 28.3. The number of nitrogens with one attached hydrogen (secondary N) is 1. The second-order valence-corrected chi connectivity index (χ2v) is 8.36. The third kappa shape index (κ3) is 3.33. The first kappa shape index (κ1) is 16.2. The predicted molar refractivity (Wildman–Crippen MR) is 93.1 cm³/mol. The van der Waals surface area contributed by atoms with Gasteiger partial charge in [-0.3, -0.25) is 0 Å². The number of hydrogen-bond donors (Lipinski definition) is 1. The van der Waals surface area contributed by atoms with Gasteiger partial charge in [-0.2, -0.15) is 0 Å². The second kappa shape index (κ2) is 6.10. The summed E-state index contributed by atoms with van der Waals surface area (Å²) in [6, 6.07) is 13.4. The molecule has 3 rings (SSSR count).